The molecule has 0 heterocycles. The van der Waals surface area contributed by atoms with Crippen molar-refractivity contribution in [3.63, 3.8) is 0 Å². The largest absolute Gasteiger partial charge is 0.344 e. The minimum atomic E-state index is -0.265. The lowest BCUT2D eigenvalue weighted by Gasteiger charge is -2.35. The van der Waals surface area contributed by atoms with Gasteiger partial charge in [-0.25, -0.2) is 0 Å². The van der Waals surface area contributed by atoms with Crippen LogP contribution in [0.1, 0.15) is 55.4 Å². The van der Waals surface area contributed by atoms with Gasteiger partial charge in [-0.05, 0) is 59.0 Å². The predicted octanol–water partition coefficient (Wildman–Crippen LogP) is 8.83. The molecular weight excluding hydrogens is 536 g/mol. The number of hydrogen-bond acceptors (Lipinski definition) is 1. The molecule has 0 saturated heterocycles. The Balaban J connectivity index is 2.69. The maximum Gasteiger partial charge on any atom is 0.0487 e. The van der Waals surface area contributed by atoms with Crippen LogP contribution in [0.4, 0.5) is 11.4 Å². The summed E-state index contributed by atoms with van der Waals surface area (Å²) in [6.45, 7) is 19.0. The highest BCUT2D eigenvalue weighted by atomic mass is 79.9. The van der Waals surface area contributed by atoms with E-state index in [1.807, 2.05) is 0 Å². The minimum absolute atomic E-state index is 0.265. The fourth-order valence-corrected chi connectivity index (χ4v) is 11.7. The van der Waals surface area contributed by atoms with Gasteiger partial charge < -0.3 is 4.90 Å². The Morgan fingerprint density at radius 2 is 0.900 bits per heavy atom. The third-order valence-corrected chi connectivity index (χ3v) is 12.6. The Morgan fingerprint density at radius 1 is 0.600 bits per heavy atom. The summed E-state index contributed by atoms with van der Waals surface area (Å²) in [6.07, 6.45) is 0. The molecule has 0 N–H and O–H groups in total. The Bertz CT molecular complexity index is 764. The third-order valence-electron chi connectivity index (χ3n) is 5.38. The SMILES string of the molecule is CC(C)P(c1cc(Br)ccc1N(C)c1ccc(Br)cc1P(C(C)C)C(C)C)C(C)C. The normalized spacial score (nSPS) is 12.3. The summed E-state index contributed by atoms with van der Waals surface area (Å²) in [6, 6.07) is 13.7. The van der Waals surface area contributed by atoms with Gasteiger partial charge in [0.15, 0.2) is 0 Å². The molecule has 0 aliphatic carbocycles. The summed E-state index contributed by atoms with van der Waals surface area (Å²) < 4.78 is 2.34. The van der Waals surface area contributed by atoms with Gasteiger partial charge in [0.05, 0.1) is 0 Å². The Labute approximate surface area is 204 Å². The molecule has 5 heteroatoms. The first-order valence-corrected chi connectivity index (χ1v) is 15.4. The molecule has 1 nitrogen and oxygen atoms in total. The van der Waals surface area contributed by atoms with Gasteiger partial charge in [-0.3, -0.25) is 0 Å². The molecule has 2 aromatic rings. The maximum atomic E-state index is 3.74. The van der Waals surface area contributed by atoms with Crippen molar-refractivity contribution in [1.29, 1.82) is 0 Å². The molecule has 166 valence electrons. The van der Waals surface area contributed by atoms with Gasteiger partial charge in [-0.15, -0.1) is 0 Å². The van der Waals surface area contributed by atoms with E-state index in [0.29, 0.717) is 22.6 Å². The van der Waals surface area contributed by atoms with Crippen molar-refractivity contribution >= 4 is 69.7 Å². The Kier molecular flexibility index (Phi) is 9.88. The summed E-state index contributed by atoms with van der Waals surface area (Å²) in [7, 11) is 1.72. The van der Waals surface area contributed by atoms with Gasteiger partial charge in [0.2, 0.25) is 0 Å². The van der Waals surface area contributed by atoms with Crippen LogP contribution in [0, 0.1) is 0 Å². The molecule has 30 heavy (non-hydrogen) atoms. The van der Waals surface area contributed by atoms with E-state index >= 15 is 0 Å². The van der Waals surface area contributed by atoms with Crippen LogP contribution in [0.3, 0.4) is 0 Å². The van der Waals surface area contributed by atoms with Crippen molar-refractivity contribution in [3.05, 3.63) is 45.3 Å². The molecule has 0 unspecified atom stereocenters. The molecule has 0 amide bonds. The summed E-state index contributed by atoms with van der Waals surface area (Å²) >= 11 is 7.48. The highest BCUT2D eigenvalue weighted by Crippen LogP contribution is 2.50. The molecule has 2 aromatic carbocycles. The summed E-state index contributed by atoms with van der Waals surface area (Å²) in [5.41, 5.74) is 5.28. The molecule has 0 atom stereocenters. The summed E-state index contributed by atoms with van der Waals surface area (Å²) in [4.78, 5) is 2.45. The van der Waals surface area contributed by atoms with Gasteiger partial charge in [0, 0.05) is 38.0 Å². The van der Waals surface area contributed by atoms with Crippen LogP contribution in [0.5, 0.6) is 0 Å². The lowest BCUT2D eigenvalue weighted by molar-refractivity contribution is 1.02. The maximum absolute atomic E-state index is 3.74. The number of benzene rings is 2. The molecule has 0 saturated carbocycles. The van der Waals surface area contributed by atoms with Gasteiger partial charge in [0.1, 0.15) is 0 Å². The second kappa shape index (κ2) is 11.3. The Hall–Kier alpha value is 0.0600. The zero-order valence-electron chi connectivity index (χ0n) is 19.9. The van der Waals surface area contributed by atoms with E-state index < -0.39 is 0 Å². The van der Waals surface area contributed by atoms with Crippen molar-refractivity contribution < 1.29 is 0 Å². The van der Waals surface area contributed by atoms with Crippen LogP contribution in [-0.4, -0.2) is 29.7 Å². The van der Waals surface area contributed by atoms with Crippen molar-refractivity contribution in [2.24, 2.45) is 0 Å². The van der Waals surface area contributed by atoms with Crippen LogP contribution < -0.4 is 15.5 Å². The van der Waals surface area contributed by atoms with Crippen LogP contribution >= 0.6 is 47.7 Å². The zero-order chi connectivity index (χ0) is 22.7. The second-order valence-electron chi connectivity index (χ2n) is 9.01. The fraction of sp³-hybridized carbons (Fsp3) is 0.520. The Morgan fingerprint density at radius 3 is 1.17 bits per heavy atom. The molecule has 0 bridgehead atoms. The van der Waals surface area contributed by atoms with Gasteiger partial charge in [-0.2, -0.15) is 0 Å². The van der Waals surface area contributed by atoms with E-state index in [4.69, 9.17) is 0 Å². The number of rotatable bonds is 8. The first kappa shape index (κ1) is 26.3. The van der Waals surface area contributed by atoms with Crippen molar-refractivity contribution in [2.75, 3.05) is 11.9 Å². The number of nitrogens with zero attached hydrogens (tertiary/aromatic N) is 1. The molecule has 0 aliphatic rings. The van der Waals surface area contributed by atoms with Crippen LogP contribution in [-0.2, 0) is 0 Å². The first-order valence-electron chi connectivity index (χ1n) is 10.8. The smallest absolute Gasteiger partial charge is 0.0487 e. The van der Waals surface area contributed by atoms with Gasteiger partial charge in [-0.1, -0.05) is 103 Å². The van der Waals surface area contributed by atoms with Gasteiger partial charge in [0.25, 0.3) is 0 Å². The molecule has 0 radical (unpaired) electrons. The van der Waals surface area contributed by atoms with E-state index in [1.165, 1.54) is 30.9 Å². The van der Waals surface area contributed by atoms with Crippen molar-refractivity contribution in [1.82, 2.24) is 0 Å². The highest BCUT2D eigenvalue weighted by Gasteiger charge is 2.27. The van der Waals surface area contributed by atoms with E-state index in [-0.39, 0.29) is 15.8 Å². The standard InChI is InChI=1S/C25H37Br2NP2/c1-16(2)29(17(3)4)24-14-20(26)10-12-22(24)28(9)23-13-11-21(27)15-25(23)30(18(5)6)19(7)8/h10-19H,1-9H3. The lowest BCUT2D eigenvalue weighted by atomic mass is 10.2. The molecule has 0 fully saturated rings. The number of hydrogen-bond donors (Lipinski definition) is 0. The third kappa shape index (κ3) is 6.10. The first-order chi connectivity index (χ1) is 14.0. The van der Waals surface area contributed by atoms with E-state index in [1.54, 1.807) is 0 Å². The molecule has 2 rings (SSSR count). The molecule has 0 aromatic heterocycles. The molecular formula is C25H37Br2NP2. The van der Waals surface area contributed by atoms with Crippen molar-refractivity contribution in [3.8, 4) is 0 Å². The second-order valence-corrected chi connectivity index (χ2v) is 17.6. The average molecular weight is 573 g/mol. The zero-order valence-corrected chi connectivity index (χ0v) is 24.8. The topological polar surface area (TPSA) is 3.24 Å². The highest BCUT2D eigenvalue weighted by molar-refractivity contribution is 9.10. The molecule has 0 spiro atoms. The predicted molar refractivity (Wildman–Crippen MR) is 150 cm³/mol. The summed E-state index contributed by atoms with van der Waals surface area (Å²) in [5.74, 6) is 0. The fourth-order valence-electron chi connectivity index (χ4n) is 4.41. The lowest BCUT2D eigenvalue weighted by Crippen LogP contribution is -2.27. The van der Waals surface area contributed by atoms with Gasteiger partial charge >= 0.3 is 0 Å². The molecule has 0 aliphatic heterocycles. The van der Waals surface area contributed by atoms with E-state index in [2.05, 4.69) is 136 Å². The van der Waals surface area contributed by atoms with Crippen LogP contribution in [0.2, 0.25) is 0 Å². The monoisotopic (exact) mass is 571 g/mol. The number of halogens is 2. The minimum Gasteiger partial charge on any atom is -0.344 e. The quantitative estimate of drug-likeness (QED) is 0.286. The van der Waals surface area contributed by atoms with Crippen molar-refractivity contribution in [2.45, 2.75) is 78.0 Å². The van der Waals surface area contributed by atoms with E-state index in [0.717, 1.165) is 0 Å². The van der Waals surface area contributed by atoms with Crippen LogP contribution in [0.15, 0.2) is 45.3 Å². The average Bonchev–Trinajstić information content (AvgIpc) is 2.60. The van der Waals surface area contributed by atoms with E-state index in [9.17, 15) is 0 Å². The van der Waals surface area contributed by atoms with Crippen LogP contribution in [0.25, 0.3) is 0 Å². The summed E-state index contributed by atoms with van der Waals surface area (Å²) in [5, 5.41) is 3.00. The number of anilines is 2.